The molecule has 1 amide bonds. The third-order valence-corrected chi connectivity index (χ3v) is 4.66. The summed E-state index contributed by atoms with van der Waals surface area (Å²) in [5.41, 5.74) is 0.423. The maximum atomic E-state index is 12.3. The third-order valence-electron chi connectivity index (χ3n) is 4.66. The summed E-state index contributed by atoms with van der Waals surface area (Å²) < 4.78 is 10.9. The third kappa shape index (κ3) is 5.76. The van der Waals surface area contributed by atoms with Crippen molar-refractivity contribution in [2.24, 2.45) is 0 Å². The number of nitriles is 1. The Bertz CT molecular complexity index is 970. The van der Waals surface area contributed by atoms with Crippen LogP contribution in [0.4, 0.5) is 5.69 Å². The molecule has 1 N–H and O–H groups in total. The van der Waals surface area contributed by atoms with E-state index in [9.17, 15) is 20.2 Å². The first-order valence-electron chi connectivity index (χ1n) is 9.61. The van der Waals surface area contributed by atoms with E-state index < -0.39 is 10.8 Å². The van der Waals surface area contributed by atoms with E-state index in [0.717, 1.165) is 39.3 Å². The smallest absolute Gasteiger partial charge is 0.270 e. The topological polar surface area (TPSA) is 122 Å². The molecule has 30 heavy (non-hydrogen) atoms. The van der Waals surface area contributed by atoms with Crippen LogP contribution in [0.2, 0.25) is 0 Å². The maximum absolute atomic E-state index is 12.3. The van der Waals surface area contributed by atoms with E-state index in [0.29, 0.717) is 23.6 Å². The first-order valence-corrected chi connectivity index (χ1v) is 9.61. The molecule has 1 aromatic heterocycles. The van der Waals surface area contributed by atoms with Gasteiger partial charge in [-0.05, 0) is 25.1 Å². The molecule has 1 fully saturated rings. The van der Waals surface area contributed by atoms with Crippen LogP contribution in [0.25, 0.3) is 17.4 Å². The fourth-order valence-electron chi connectivity index (χ4n) is 3.07. The number of furan rings is 1. The van der Waals surface area contributed by atoms with Gasteiger partial charge in [0, 0.05) is 43.4 Å². The van der Waals surface area contributed by atoms with Gasteiger partial charge in [-0.2, -0.15) is 5.26 Å². The fourth-order valence-corrected chi connectivity index (χ4v) is 3.07. The van der Waals surface area contributed by atoms with E-state index >= 15 is 0 Å². The van der Waals surface area contributed by atoms with Crippen molar-refractivity contribution in [2.75, 3.05) is 39.4 Å². The van der Waals surface area contributed by atoms with Crippen LogP contribution in [-0.2, 0) is 9.53 Å². The van der Waals surface area contributed by atoms with Crippen molar-refractivity contribution in [1.29, 1.82) is 5.26 Å². The quantitative estimate of drug-likeness (QED) is 0.233. The highest BCUT2D eigenvalue weighted by Gasteiger charge is 2.13. The molecule has 0 aliphatic carbocycles. The highest BCUT2D eigenvalue weighted by Crippen LogP contribution is 2.26. The lowest BCUT2D eigenvalue weighted by Crippen LogP contribution is -2.38. The van der Waals surface area contributed by atoms with Crippen LogP contribution < -0.4 is 5.32 Å². The van der Waals surface area contributed by atoms with Crippen LogP contribution in [0.3, 0.4) is 0 Å². The maximum Gasteiger partial charge on any atom is 0.270 e. The Labute approximate surface area is 173 Å². The van der Waals surface area contributed by atoms with E-state index in [-0.39, 0.29) is 11.3 Å². The number of nitro benzene ring substituents is 1. The zero-order chi connectivity index (χ0) is 21.3. The molecule has 0 bridgehead atoms. The second-order valence-corrected chi connectivity index (χ2v) is 6.74. The fraction of sp³-hybridized carbons (Fsp3) is 0.333. The average Bonchev–Trinajstić information content (AvgIpc) is 3.24. The number of nitrogens with one attached hydrogen (secondary N) is 1. The number of nitro groups is 1. The lowest BCUT2D eigenvalue weighted by molar-refractivity contribution is -0.384. The molecule has 9 heteroatoms. The van der Waals surface area contributed by atoms with Gasteiger partial charge < -0.3 is 14.5 Å². The predicted octanol–water partition coefficient (Wildman–Crippen LogP) is 2.60. The Morgan fingerprint density at radius 1 is 1.30 bits per heavy atom. The first-order chi connectivity index (χ1) is 14.6. The van der Waals surface area contributed by atoms with Crippen molar-refractivity contribution < 1.29 is 18.9 Å². The zero-order valence-corrected chi connectivity index (χ0v) is 16.4. The minimum absolute atomic E-state index is 0.0461. The van der Waals surface area contributed by atoms with Gasteiger partial charge in [0.1, 0.15) is 23.2 Å². The molecule has 3 rings (SSSR count). The van der Waals surface area contributed by atoms with Gasteiger partial charge in [-0.15, -0.1) is 0 Å². The molecule has 156 valence electrons. The largest absolute Gasteiger partial charge is 0.457 e. The predicted molar refractivity (Wildman–Crippen MR) is 109 cm³/mol. The lowest BCUT2D eigenvalue weighted by atomic mass is 10.1. The van der Waals surface area contributed by atoms with E-state index in [1.165, 1.54) is 18.2 Å². The van der Waals surface area contributed by atoms with Gasteiger partial charge in [0.25, 0.3) is 11.6 Å². The summed E-state index contributed by atoms with van der Waals surface area (Å²) in [5, 5.41) is 23.0. The Balaban J connectivity index is 1.57. The summed E-state index contributed by atoms with van der Waals surface area (Å²) in [6.45, 7) is 4.57. The molecule has 2 aromatic rings. The van der Waals surface area contributed by atoms with Crippen molar-refractivity contribution in [3.8, 4) is 17.4 Å². The monoisotopic (exact) mass is 410 g/mol. The molecule has 0 spiro atoms. The van der Waals surface area contributed by atoms with Gasteiger partial charge in [0.05, 0.1) is 18.1 Å². The van der Waals surface area contributed by atoms with Crippen LogP contribution in [0.1, 0.15) is 12.2 Å². The summed E-state index contributed by atoms with van der Waals surface area (Å²) >= 11 is 0. The molecule has 1 aromatic carbocycles. The number of amides is 1. The highest BCUT2D eigenvalue weighted by atomic mass is 16.6. The molecule has 0 radical (unpaired) electrons. The Kier molecular flexibility index (Phi) is 7.32. The number of morpholine rings is 1. The zero-order valence-electron chi connectivity index (χ0n) is 16.4. The summed E-state index contributed by atoms with van der Waals surface area (Å²) in [4.78, 5) is 25.0. The number of hydrogen-bond acceptors (Lipinski definition) is 7. The van der Waals surface area contributed by atoms with Crippen LogP contribution in [0.5, 0.6) is 0 Å². The van der Waals surface area contributed by atoms with Gasteiger partial charge in [-0.3, -0.25) is 19.8 Å². The number of carbonyl (C=O) groups is 1. The number of hydrogen-bond donors (Lipinski definition) is 1. The average molecular weight is 410 g/mol. The number of ether oxygens (including phenoxy) is 1. The number of nitrogens with zero attached hydrogens (tertiary/aromatic N) is 3. The standard InChI is InChI=1S/C21H22N4O5/c22-15-17(21(26)23-7-2-8-24-9-11-29-12-10-24)14-19-5-6-20(30-19)16-3-1-4-18(13-16)25(27)28/h1,3-6,13-14H,2,7-12H2,(H,23,26). The minimum Gasteiger partial charge on any atom is -0.457 e. The van der Waals surface area contributed by atoms with Gasteiger partial charge in [0.15, 0.2) is 0 Å². The van der Waals surface area contributed by atoms with E-state index in [1.54, 1.807) is 24.3 Å². The van der Waals surface area contributed by atoms with Crippen molar-refractivity contribution >= 4 is 17.7 Å². The van der Waals surface area contributed by atoms with Crippen molar-refractivity contribution in [3.63, 3.8) is 0 Å². The minimum atomic E-state index is -0.482. The molecule has 1 saturated heterocycles. The SMILES string of the molecule is N#CC(=Cc1ccc(-c2cccc([N+](=O)[O-])c2)o1)C(=O)NCCCN1CCOCC1. The molecule has 2 heterocycles. The van der Waals surface area contributed by atoms with E-state index in [1.807, 2.05) is 6.07 Å². The van der Waals surface area contributed by atoms with Gasteiger partial charge >= 0.3 is 0 Å². The van der Waals surface area contributed by atoms with Crippen LogP contribution in [0.15, 0.2) is 46.4 Å². The molecular formula is C21H22N4O5. The summed E-state index contributed by atoms with van der Waals surface area (Å²) in [6, 6.07) is 11.2. The molecule has 0 atom stereocenters. The second kappa shape index (κ2) is 10.3. The molecule has 1 aliphatic heterocycles. The Morgan fingerprint density at radius 2 is 2.10 bits per heavy atom. The Morgan fingerprint density at radius 3 is 2.83 bits per heavy atom. The van der Waals surface area contributed by atoms with Crippen LogP contribution in [0, 0.1) is 21.4 Å². The normalized spacial score (nSPS) is 14.8. The number of non-ortho nitro benzene ring substituents is 1. The van der Waals surface area contributed by atoms with E-state index in [2.05, 4.69) is 10.2 Å². The van der Waals surface area contributed by atoms with Crippen LogP contribution in [-0.4, -0.2) is 55.1 Å². The van der Waals surface area contributed by atoms with Crippen molar-refractivity contribution in [3.05, 3.63) is 57.8 Å². The molecule has 0 unspecified atom stereocenters. The van der Waals surface area contributed by atoms with E-state index in [4.69, 9.17) is 9.15 Å². The van der Waals surface area contributed by atoms with Crippen molar-refractivity contribution in [2.45, 2.75) is 6.42 Å². The van der Waals surface area contributed by atoms with Gasteiger partial charge in [0.2, 0.25) is 0 Å². The second-order valence-electron chi connectivity index (χ2n) is 6.74. The van der Waals surface area contributed by atoms with Gasteiger partial charge in [-0.25, -0.2) is 0 Å². The van der Waals surface area contributed by atoms with Crippen molar-refractivity contribution in [1.82, 2.24) is 10.2 Å². The number of carbonyl (C=O) groups excluding carboxylic acids is 1. The number of rotatable bonds is 8. The first kappa shape index (κ1) is 21.2. The molecule has 0 saturated carbocycles. The van der Waals surface area contributed by atoms with Crippen LogP contribution >= 0.6 is 0 Å². The summed E-state index contributed by atoms with van der Waals surface area (Å²) in [5.74, 6) is 0.262. The Hall–Kier alpha value is -3.48. The number of benzene rings is 1. The van der Waals surface area contributed by atoms with Gasteiger partial charge in [-0.1, -0.05) is 12.1 Å². The summed E-state index contributed by atoms with van der Waals surface area (Å²) in [6.07, 6.45) is 2.14. The summed E-state index contributed by atoms with van der Waals surface area (Å²) in [7, 11) is 0. The molecule has 1 aliphatic rings. The molecule has 9 nitrogen and oxygen atoms in total. The molecular weight excluding hydrogens is 388 g/mol. The highest BCUT2D eigenvalue weighted by molar-refractivity contribution is 6.01. The lowest BCUT2D eigenvalue weighted by Gasteiger charge is -2.26.